The second-order valence-electron chi connectivity index (χ2n) is 5.35. The highest BCUT2D eigenvalue weighted by atomic mass is 32.1. The molecule has 1 N–H and O–H groups in total. The van der Waals surface area contributed by atoms with Crippen molar-refractivity contribution in [2.75, 3.05) is 0 Å². The van der Waals surface area contributed by atoms with Crippen LogP contribution >= 0.6 is 11.3 Å². The maximum absolute atomic E-state index is 3.64. The van der Waals surface area contributed by atoms with Crippen LogP contribution < -0.4 is 5.32 Å². The molecule has 0 fully saturated rings. The van der Waals surface area contributed by atoms with Crippen LogP contribution in [0.5, 0.6) is 0 Å². The minimum atomic E-state index is 0.178. The Labute approximate surface area is 114 Å². The lowest BCUT2D eigenvalue weighted by atomic mass is 9.95. The van der Waals surface area contributed by atoms with Crippen LogP contribution in [0.3, 0.4) is 0 Å². The van der Waals surface area contributed by atoms with E-state index in [9.17, 15) is 0 Å². The molecule has 0 aliphatic rings. The summed E-state index contributed by atoms with van der Waals surface area (Å²) in [4.78, 5) is 0. The quantitative estimate of drug-likeness (QED) is 0.818. The number of hydrogen-bond donors (Lipinski definition) is 1. The van der Waals surface area contributed by atoms with Crippen LogP contribution in [0.15, 0.2) is 47.2 Å². The highest BCUT2D eigenvalue weighted by molar-refractivity contribution is 7.07. The molecule has 0 unspecified atom stereocenters. The normalized spacial score (nSPS) is 11.7. The zero-order chi connectivity index (χ0) is 12.8. The number of hydrogen-bond acceptors (Lipinski definition) is 2. The molecule has 0 atom stereocenters. The second-order valence-corrected chi connectivity index (χ2v) is 6.13. The summed E-state index contributed by atoms with van der Waals surface area (Å²) >= 11 is 1.76. The minimum absolute atomic E-state index is 0.178. The van der Waals surface area contributed by atoms with Crippen LogP contribution in [0, 0.1) is 0 Å². The standard InChI is InChI=1S/C16H21NS/c1-16(2,17-12-15-9-11-18-13-15)10-8-14-6-4-3-5-7-14/h3-7,9,11,13,17H,8,10,12H2,1-2H3. The van der Waals surface area contributed by atoms with Gasteiger partial charge in [-0.15, -0.1) is 0 Å². The van der Waals surface area contributed by atoms with Gasteiger partial charge in [0, 0.05) is 12.1 Å². The molecule has 2 rings (SSSR count). The van der Waals surface area contributed by atoms with Crippen LogP contribution in [-0.4, -0.2) is 5.54 Å². The van der Waals surface area contributed by atoms with E-state index in [2.05, 4.69) is 66.3 Å². The first-order valence-corrected chi connectivity index (χ1v) is 7.40. The average molecular weight is 259 g/mol. The zero-order valence-corrected chi connectivity index (χ0v) is 12.0. The molecular formula is C16H21NS. The van der Waals surface area contributed by atoms with Gasteiger partial charge in [0.25, 0.3) is 0 Å². The fraction of sp³-hybridized carbons (Fsp3) is 0.375. The predicted molar refractivity (Wildman–Crippen MR) is 80.0 cm³/mol. The number of thiophene rings is 1. The molecule has 0 radical (unpaired) electrons. The largest absolute Gasteiger partial charge is 0.308 e. The molecule has 0 saturated carbocycles. The Morgan fingerprint density at radius 3 is 2.50 bits per heavy atom. The molecule has 96 valence electrons. The fourth-order valence-electron chi connectivity index (χ4n) is 1.92. The summed E-state index contributed by atoms with van der Waals surface area (Å²) in [7, 11) is 0. The van der Waals surface area contributed by atoms with Gasteiger partial charge in [0.2, 0.25) is 0 Å². The SMILES string of the molecule is CC(C)(CCc1ccccc1)NCc1ccsc1. The lowest BCUT2D eigenvalue weighted by Gasteiger charge is -2.26. The molecule has 1 nitrogen and oxygen atoms in total. The number of aryl methyl sites for hydroxylation is 1. The van der Waals surface area contributed by atoms with E-state index in [1.54, 1.807) is 11.3 Å². The molecule has 0 saturated heterocycles. The monoisotopic (exact) mass is 259 g/mol. The molecule has 0 bridgehead atoms. The average Bonchev–Trinajstić information content (AvgIpc) is 2.89. The Balaban J connectivity index is 1.80. The summed E-state index contributed by atoms with van der Waals surface area (Å²) in [6, 6.07) is 12.9. The van der Waals surface area contributed by atoms with Gasteiger partial charge >= 0.3 is 0 Å². The number of nitrogens with one attached hydrogen (secondary N) is 1. The van der Waals surface area contributed by atoms with Gasteiger partial charge in [-0.3, -0.25) is 0 Å². The highest BCUT2D eigenvalue weighted by Gasteiger charge is 2.16. The Hall–Kier alpha value is -1.12. The van der Waals surface area contributed by atoms with E-state index in [0.717, 1.165) is 19.4 Å². The molecule has 18 heavy (non-hydrogen) atoms. The third kappa shape index (κ3) is 4.28. The van der Waals surface area contributed by atoms with E-state index < -0.39 is 0 Å². The second kappa shape index (κ2) is 6.17. The van der Waals surface area contributed by atoms with Crippen LogP contribution in [0.25, 0.3) is 0 Å². The summed E-state index contributed by atoms with van der Waals surface area (Å²) in [5, 5.41) is 7.98. The Bertz CT molecular complexity index is 445. The van der Waals surface area contributed by atoms with Crippen molar-refractivity contribution in [2.45, 2.75) is 38.8 Å². The van der Waals surface area contributed by atoms with Crippen molar-refractivity contribution in [1.82, 2.24) is 5.32 Å². The van der Waals surface area contributed by atoms with Crippen molar-refractivity contribution in [1.29, 1.82) is 0 Å². The third-order valence-corrected chi connectivity index (χ3v) is 3.96. The minimum Gasteiger partial charge on any atom is -0.308 e. The highest BCUT2D eigenvalue weighted by Crippen LogP contribution is 2.15. The molecule has 1 aromatic heterocycles. The van der Waals surface area contributed by atoms with Crippen molar-refractivity contribution < 1.29 is 0 Å². The topological polar surface area (TPSA) is 12.0 Å². The molecule has 0 aliphatic heterocycles. The first-order chi connectivity index (χ1) is 8.66. The van der Waals surface area contributed by atoms with E-state index in [0.29, 0.717) is 0 Å². The van der Waals surface area contributed by atoms with Crippen molar-refractivity contribution in [2.24, 2.45) is 0 Å². The molecule has 2 aromatic rings. The van der Waals surface area contributed by atoms with Gasteiger partial charge in [-0.2, -0.15) is 11.3 Å². The van der Waals surface area contributed by atoms with Gasteiger partial charge in [-0.25, -0.2) is 0 Å². The molecule has 1 aromatic carbocycles. The third-order valence-electron chi connectivity index (χ3n) is 3.23. The van der Waals surface area contributed by atoms with Crippen molar-refractivity contribution in [3.8, 4) is 0 Å². The van der Waals surface area contributed by atoms with Gasteiger partial charge in [-0.1, -0.05) is 30.3 Å². The fourth-order valence-corrected chi connectivity index (χ4v) is 2.59. The molecule has 0 spiro atoms. The lowest BCUT2D eigenvalue weighted by Crippen LogP contribution is -2.39. The van der Waals surface area contributed by atoms with Gasteiger partial charge in [0.1, 0.15) is 0 Å². The molecule has 0 amide bonds. The van der Waals surface area contributed by atoms with Crippen LogP contribution in [0.4, 0.5) is 0 Å². The van der Waals surface area contributed by atoms with Gasteiger partial charge in [0.05, 0.1) is 0 Å². The Kier molecular flexibility index (Phi) is 4.56. The summed E-state index contributed by atoms with van der Waals surface area (Å²) < 4.78 is 0. The molecule has 0 aliphatic carbocycles. The van der Waals surface area contributed by atoms with Gasteiger partial charge < -0.3 is 5.32 Å². The lowest BCUT2D eigenvalue weighted by molar-refractivity contribution is 0.360. The van der Waals surface area contributed by atoms with Crippen molar-refractivity contribution in [3.63, 3.8) is 0 Å². The first-order valence-electron chi connectivity index (χ1n) is 6.46. The summed E-state index contributed by atoms with van der Waals surface area (Å²) in [5.74, 6) is 0. The van der Waals surface area contributed by atoms with E-state index in [-0.39, 0.29) is 5.54 Å². The zero-order valence-electron chi connectivity index (χ0n) is 11.1. The summed E-state index contributed by atoms with van der Waals surface area (Å²) in [6.07, 6.45) is 2.28. The van der Waals surface area contributed by atoms with E-state index in [1.165, 1.54) is 11.1 Å². The molecular weight excluding hydrogens is 238 g/mol. The van der Waals surface area contributed by atoms with Crippen molar-refractivity contribution >= 4 is 11.3 Å². The van der Waals surface area contributed by atoms with E-state index in [1.807, 2.05) is 0 Å². The maximum atomic E-state index is 3.64. The molecule has 2 heteroatoms. The smallest absolute Gasteiger partial charge is 0.0218 e. The predicted octanol–water partition coefficient (Wildman–Crippen LogP) is 4.25. The van der Waals surface area contributed by atoms with Crippen molar-refractivity contribution in [3.05, 3.63) is 58.3 Å². The van der Waals surface area contributed by atoms with Gasteiger partial charge in [0.15, 0.2) is 0 Å². The van der Waals surface area contributed by atoms with Crippen LogP contribution in [0.1, 0.15) is 31.4 Å². The molecule has 1 heterocycles. The summed E-state index contributed by atoms with van der Waals surface area (Å²) in [6.45, 7) is 5.52. The van der Waals surface area contributed by atoms with Crippen LogP contribution in [-0.2, 0) is 13.0 Å². The van der Waals surface area contributed by atoms with E-state index in [4.69, 9.17) is 0 Å². The van der Waals surface area contributed by atoms with E-state index >= 15 is 0 Å². The number of rotatable bonds is 6. The van der Waals surface area contributed by atoms with Crippen LogP contribution in [0.2, 0.25) is 0 Å². The Morgan fingerprint density at radius 2 is 1.83 bits per heavy atom. The maximum Gasteiger partial charge on any atom is 0.0218 e. The Morgan fingerprint density at radius 1 is 1.06 bits per heavy atom. The first kappa shape index (κ1) is 13.3. The summed E-state index contributed by atoms with van der Waals surface area (Å²) in [5.41, 5.74) is 2.98. The van der Waals surface area contributed by atoms with Gasteiger partial charge in [-0.05, 0) is 54.6 Å². The number of benzene rings is 1.